The second kappa shape index (κ2) is 5.46. The van der Waals surface area contributed by atoms with E-state index in [2.05, 4.69) is 13.0 Å². The van der Waals surface area contributed by atoms with Crippen molar-refractivity contribution in [2.75, 3.05) is 13.2 Å². The average Bonchev–Trinajstić information content (AvgIpc) is 3.15. The summed E-state index contributed by atoms with van der Waals surface area (Å²) in [6, 6.07) is 9.20. The number of hydrogen-bond donors (Lipinski definition) is 0. The van der Waals surface area contributed by atoms with E-state index in [4.69, 9.17) is 14.2 Å². The molecule has 1 spiro atoms. The normalized spacial score (nSPS) is 31.7. The van der Waals surface area contributed by atoms with Gasteiger partial charge >= 0.3 is 5.97 Å². The largest absolute Gasteiger partial charge is 0.458 e. The summed E-state index contributed by atoms with van der Waals surface area (Å²) in [5.41, 5.74) is 1.83. The molecule has 1 saturated carbocycles. The molecule has 23 heavy (non-hydrogen) atoms. The van der Waals surface area contributed by atoms with Gasteiger partial charge in [-0.05, 0) is 18.6 Å². The van der Waals surface area contributed by atoms with E-state index in [1.54, 1.807) is 12.1 Å². The number of fused-ring (bicyclic) bond motifs is 1. The zero-order valence-corrected chi connectivity index (χ0v) is 13.4. The van der Waals surface area contributed by atoms with Crippen molar-refractivity contribution in [3.8, 4) is 0 Å². The Morgan fingerprint density at radius 1 is 1.17 bits per heavy atom. The van der Waals surface area contributed by atoms with Gasteiger partial charge in [0, 0.05) is 24.7 Å². The summed E-state index contributed by atoms with van der Waals surface area (Å²) in [6.45, 7) is 3.56. The smallest absolute Gasteiger partial charge is 0.338 e. The minimum atomic E-state index is -0.427. The van der Waals surface area contributed by atoms with E-state index >= 15 is 0 Å². The third-order valence-corrected chi connectivity index (χ3v) is 5.58. The molecule has 2 atom stereocenters. The number of benzene rings is 1. The highest BCUT2D eigenvalue weighted by atomic mass is 16.7. The monoisotopic (exact) mass is 314 g/mol. The van der Waals surface area contributed by atoms with Crippen LogP contribution in [-0.4, -0.2) is 31.1 Å². The first-order valence-electron chi connectivity index (χ1n) is 8.35. The maximum Gasteiger partial charge on any atom is 0.338 e. The molecule has 0 aromatic heterocycles. The topological polar surface area (TPSA) is 44.8 Å². The van der Waals surface area contributed by atoms with E-state index < -0.39 is 5.79 Å². The molecule has 1 aromatic carbocycles. The van der Waals surface area contributed by atoms with Crippen molar-refractivity contribution >= 4 is 5.97 Å². The SMILES string of the molecule is C[C@]12CCC3(CC1=CC[C@@H]2OC(=O)c1ccccc1)OCCO3. The fourth-order valence-corrected chi connectivity index (χ4v) is 4.07. The predicted molar refractivity (Wildman–Crippen MR) is 84.9 cm³/mol. The van der Waals surface area contributed by atoms with Gasteiger partial charge in [-0.15, -0.1) is 0 Å². The van der Waals surface area contributed by atoms with Crippen LogP contribution in [0.4, 0.5) is 0 Å². The zero-order chi connectivity index (χ0) is 15.9. The average molecular weight is 314 g/mol. The lowest BCUT2D eigenvalue weighted by atomic mass is 9.69. The molecule has 1 aromatic rings. The Labute approximate surface area is 136 Å². The summed E-state index contributed by atoms with van der Waals surface area (Å²) in [5.74, 6) is -0.663. The fraction of sp³-hybridized carbons (Fsp3) is 0.526. The summed E-state index contributed by atoms with van der Waals surface area (Å²) in [5, 5.41) is 0. The van der Waals surface area contributed by atoms with Gasteiger partial charge in [0.2, 0.25) is 0 Å². The summed E-state index contributed by atoms with van der Waals surface area (Å²) in [6.07, 6.45) is 5.48. The highest BCUT2D eigenvalue weighted by Crippen LogP contribution is 2.54. The van der Waals surface area contributed by atoms with E-state index in [9.17, 15) is 4.79 Å². The summed E-state index contributed by atoms with van der Waals surface area (Å²) >= 11 is 0. The Balaban J connectivity index is 1.48. The molecule has 1 saturated heterocycles. The lowest BCUT2D eigenvalue weighted by Gasteiger charge is -2.44. The van der Waals surface area contributed by atoms with E-state index in [-0.39, 0.29) is 17.5 Å². The Kier molecular flexibility index (Phi) is 3.54. The second-order valence-corrected chi connectivity index (χ2v) is 6.93. The number of esters is 1. The molecule has 1 aliphatic heterocycles. The fourth-order valence-electron chi connectivity index (χ4n) is 4.07. The van der Waals surface area contributed by atoms with Crippen LogP contribution in [0.15, 0.2) is 42.0 Å². The van der Waals surface area contributed by atoms with Crippen molar-refractivity contribution in [3.63, 3.8) is 0 Å². The molecule has 2 fully saturated rings. The first kappa shape index (κ1) is 14.9. The Morgan fingerprint density at radius 2 is 1.91 bits per heavy atom. The van der Waals surface area contributed by atoms with Gasteiger partial charge in [-0.1, -0.05) is 36.8 Å². The summed E-state index contributed by atoms with van der Waals surface area (Å²) < 4.78 is 17.5. The molecule has 1 heterocycles. The first-order chi connectivity index (χ1) is 11.1. The van der Waals surface area contributed by atoms with Crippen LogP contribution < -0.4 is 0 Å². The molecule has 3 aliphatic rings. The van der Waals surface area contributed by atoms with Gasteiger partial charge in [0.05, 0.1) is 18.8 Å². The van der Waals surface area contributed by atoms with Crippen molar-refractivity contribution in [2.24, 2.45) is 5.41 Å². The second-order valence-electron chi connectivity index (χ2n) is 6.93. The van der Waals surface area contributed by atoms with Gasteiger partial charge in [-0.3, -0.25) is 0 Å². The first-order valence-corrected chi connectivity index (χ1v) is 8.35. The highest BCUT2D eigenvalue weighted by molar-refractivity contribution is 5.89. The molecular formula is C19H22O4. The molecule has 0 radical (unpaired) electrons. The van der Waals surface area contributed by atoms with Gasteiger partial charge in [0.15, 0.2) is 5.79 Å². The minimum Gasteiger partial charge on any atom is -0.458 e. The maximum absolute atomic E-state index is 12.4. The molecule has 4 heteroatoms. The van der Waals surface area contributed by atoms with Crippen molar-refractivity contribution < 1.29 is 19.0 Å². The standard InChI is InChI=1S/C19H22O4/c1-18-9-10-19(21-11-12-22-19)13-15(18)7-8-16(18)23-17(20)14-5-3-2-4-6-14/h2-7,16H,8-13H2,1H3/t16-,18-/m0/s1. The number of hydrogen-bond acceptors (Lipinski definition) is 4. The van der Waals surface area contributed by atoms with E-state index in [1.165, 1.54) is 5.57 Å². The zero-order valence-electron chi connectivity index (χ0n) is 13.4. The van der Waals surface area contributed by atoms with Crippen LogP contribution in [-0.2, 0) is 14.2 Å². The van der Waals surface area contributed by atoms with Gasteiger partial charge in [-0.25, -0.2) is 4.79 Å². The van der Waals surface area contributed by atoms with Crippen LogP contribution in [0.25, 0.3) is 0 Å². The summed E-state index contributed by atoms with van der Waals surface area (Å²) in [4.78, 5) is 12.4. The molecule has 122 valence electrons. The van der Waals surface area contributed by atoms with Crippen LogP contribution in [0, 0.1) is 5.41 Å². The third-order valence-electron chi connectivity index (χ3n) is 5.58. The van der Waals surface area contributed by atoms with Gasteiger partial charge in [0.25, 0.3) is 0 Å². The Hall–Kier alpha value is -1.65. The molecule has 0 bridgehead atoms. The molecular weight excluding hydrogens is 292 g/mol. The van der Waals surface area contributed by atoms with E-state index in [1.807, 2.05) is 18.2 Å². The third kappa shape index (κ3) is 2.50. The lowest BCUT2D eigenvalue weighted by molar-refractivity contribution is -0.180. The van der Waals surface area contributed by atoms with E-state index in [0.29, 0.717) is 18.8 Å². The van der Waals surface area contributed by atoms with Crippen molar-refractivity contribution in [1.29, 1.82) is 0 Å². The maximum atomic E-state index is 12.4. The van der Waals surface area contributed by atoms with Crippen molar-refractivity contribution in [2.45, 2.75) is 44.5 Å². The quantitative estimate of drug-likeness (QED) is 0.619. The van der Waals surface area contributed by atoms with Crippen LogP contribution >= 0.6 is 0 Å². The molecule has 0 unspecified atom stereocenters. The molecule has 4 nitrogen and oxygen atoms in total. The highest BCUT2D eigenvalue weighted by Gasteiger charge is 2.53. The van der Waals surface area contributed by atoms with Crippen LogP contribution in [0.5, 0.6) is 0 Å². The Morgan fingerprint density at radius 3 is 2.65 bits per heavy atom. The molecule has 4 rings (SSSR count). The van der Waals surface area contributed by atoms with Crippen molar-refractivity contribution in [3.05, 3.63) is 47.5 Å². The predicted octanol–water partition coefficient (Wildman–Crippen LogP) is 3.48. The van der Waals surface area contributed by atoms with Crippen LogP contribution in [0.3, 0.4) is 0 Å². The molecule has 0 amide bonds. The van der Waals surface area contributed by atoms with Gasteiger partial charge < -0.3 is 14.2 Å². The van der Waals surface area contributed by atoms with E-state index in [0.717, 1.165) is 25.7 Å². The summed E-state index contributed by atoms with van der Waals surface area (Å²) in [7, 11) is 0. The molecule has 2 aliphatic carbocycles. The van der Waals surface area contributed by atoms with Crippen molar-refractivity contribution in [1.82, 2.24) is 0 Å². The number of carbonyl (C=O) groups is 1. The number of rotatable bonds is 2. The number of ether oxygens (including phenoxy) is 3. The van der Waals surface area contributed by atoms with Crippen LogP contribution in [0.2, 0.25) is 0 Å². The molecule has 0 N–H and O–H groups in total. The van der Waals surface area contributed by atoms with Gasteiger partial charge in [-0.2, -0.15) is 0 Å². The number of carbonyl (C=O) groups excluding carboxylic acids is 1. The minimum absolute atomic E-state index is 0.0923. The lowest BCUT2D eigenvalue weighted by Crippen LogP contribution is -2.44. The Bertz CT molecular complexity index is 630. The van der Waals surface area contributed by atoms with Gasteiger partial charge in [0.1, 0.15) is 6.10 Å². The van der Waals surface area contributed by atoms with Crippen LogP contribution in [0.1, 0.15) is 43.0 Å².